The Morgan fingerprint density at radius 1 is 0.852 bits per heavy atom. The Kier molecular flexibility index (Phi) is 5.95. The molecule has 1 fully saturated rings. The number of Topliss-reactive ketones (excluding diaryl/α,β-unsaturated/α-hetero) is 1. The third-order valence-electron chi connectivity index (χ3n) is 4.57. The quantitative estimate of drug-likeness (QED) is 0.383. The maximum absolute atomic E-state index is 13.0. The number of hydrogen-bond acceptors (Lipinski definition) is 6. The summed E-state index contributed by atoms with van der Waals surface area (Å²) in [4.78, 5) is 51.2. The number of nitrogens with zero attached hydrogens (tertiary/aromatic N) is 2. The number of ketones is 2. The molecule has 2 aliphatic heterocycles. The third-order valence-corrected chi connectivity index (χ3v) is 7.18. The molecule has 0 aromatic heterocycles. The molecule has 0 aromatic rings. The molecule has 0 aromatic carbocycles. The summed E-state index contributed by atoms with van der Waals surface area (Å²) >= 11 is 2.16. The molecule has 27 heavy (non-hydrogen) atoms. The summed E-state index contributed by atoms with van der Waals surface area (Å²) in [6.07, 6.45) is 4.76. The number of carbonyl (C=O) groups is 4. The standard InChI is InChI=1S/C19H22N2O4S2/c1-4-6-8-20-17(24)13(18(25)21(20)9-7-5-2)19-26-15-12(22)10-11(3)14(23)16(15)27-19/h10H,4-9H2,1-3H3. The highest BCUT2D eigenvalue weighted by molar-refractivity contribution is 8.29. The lowest BCUT2D eigenvalue weighted by Gasteiger charge is -2.27. The van der Waals surface area contributed by atoms with Crippen LogP contribution in [0, 0.1) is 0 Å². The molecular formula is C19H22N2O4S2. The Morgan fingerprint density at radius 2 is 1.37 bits per heavy atom. The van der Waals surface area contributed by atoms with Crippen LogP contribution in [-0.2, 0) is 19.2 Å². The first-order valence-corrected chi connectivity index (χ1v) is 10.8. The molecule has 6 nitrogen and oxygen atoms in total. The van der Waals surface area contributed by atoms with Crippen LogP contribution in [0.1, 0.15) is 46.5 Å². The molecule has 0 saturated carbocycles. The van der Waals surface area contributed by atoms with Crippen LogP contribution in [-0.4, -0.2) is 46.5 Å². The summed E-state index contributed by atoms with van der Waals surface area (Å²) in [5.41, 5.74) is 0.473. The van der Waals surface area contributed by atoms with Crippen molar-refractivity contribution in [2.45, 2.75) is 46.5 Å². The van der Waals surface area contributed by atoms with Crippen LogP contribution in [0.3, 0.4) is 0 Å². The van der Waals surface area contributed by atoms with Crippen LogP contribution < -0.4 is 0 Å². The fourth-order valence-electron chi connectivity index (χ4n) is 3.02. The number of thioether (sulfide) groups is 2. The highest BCUT2D eigenvalue weighted by atomic mass is 32.2. The first-order chi connectivity index (χ1) is 12.9. The summed E-state index contributed by atoms with van der Waals surface area (Å²) < 4.78 is 0.445. The van der Waals surface area contributed by atoms with Gasteiger partial charge in [-0.1, -0.05) is 50.2 Å². The Labute approximate surface area is 167 Å². The molecule has 8 heteroatoms. The Balaban J connectivity index is 1.92. The van der Waals surface area contributed by atoms with Gasteiger partial charge in [-0.25, -0.2) is 10.0 Å². The molecule has 1 saturated heterocycles. The molecule has 1 aliphatic carbocycles. The van der Waals surface area contributed by atoms with E-state index in [-0.39, 0.29) is 29.0 Å². The van der Waals surface area contributed by atoms with Gasteiger partial charge in [-0.3, -0.25) is 19.2 Å². The number of rotatable bonds is 6. The molecule has 0 N–H and O–H groups in total. The van der Waals surface area contributed by atoms with Gasteiger partial charge in [0.2, 0.25) is 0 Å². The Hall–Kier alpha value is -1.80. The maximum Gasteiger partial charge on any atom is 0.279 e. The van der Waals surface area contributed by atoms with Gasteiger partial charge in [0.25, 0.3) is 11.8 Å². The third kappa shape index (κ3) is 3.52. The minimum absolute atomic E-state index is 0.0878. The molecule has 144 valence electrons. The topological polar surface area (TPSA) is 74.8 Å². The first-order valence-electron chi connectivity index (χ1n) is 9.15. The molecule has 0 atom stereocenters. The van der Waals surface area contributed by atoms with Gasteiger partial charge in [0.15, 0.2) is 11.6 Å². The maximum atomic E-state index is 13.0. The average molecular weight is 407 g/mol. The van der Waals surface area contributed by atoms with Crippen LogP contribution in [0.2, 0.25) is 0 Å². The predicted molar refractivity (Wildman–Crippen MR) is 106 cm³/mol. The monoisotopic (exact) mass is 406 g/mol. The number of unbranched alkanes of at least 4 members (excludes halogenated alkanes) is 2. The molecule has 0 unspecified atom stereocenters. The zero-order valence-electron chi connectivity index (χ0n) is 15.7. The number of hydrazine groups is 1. The Morgan fingerprint density at radius 3 is 1.89 bits per heavy atom. The number of allylic oxidation sites excluding steroid dienone is 4. The van der Waals surface area contributed by atoms with Crippen molar-refractivity contribution >= 4 is 46.9 Å². The summed E-state index contributed by atoms with van der Waals surface area (Å²) in [6, 6.07) is 0. The van der Waals surface area contributed by atoms with Crippen molar-refractivity contribution in [1.82, 2.24) is 10.0 Å². The van der Waals surface area contributed by atoms with E-state index >= 15 is 0 Å². The minimum Gasteiger partial charge on any atom is -0.289 e. The van der Waals surface area contributed by atoms with Crippen molar-refractivity contribution in [3.8, 4) is 0 Å². The second-order valence-corrected chi connectivity index (χ2v) is 8.91. The normalized spacial score (nSPS) is 20.3. The highest BCUT2D eigenvalue weighted by Gasteiger charge is 2.45. The molecular weight excluding hydrogens is 384 g/mol. The molecule has 2 heterocycles. The predicted octanol–water partition coefficient (Wildman–Crippen LogP) is 3.17. The molecule has 0 radical (unpaired) electrons. The average Bonchev–Trinajstić information content (AvgIpc) is 3.16. The summed E-state index contributed by atoms with van der Waals surface area (Å²) in [5, 5.41) is 3.05. The summed E-state index contributed by atoms with van der Waals surface area (Å²) in [5.74, 6) is -1.10. The fourth-order valence-corrected chi connectivity index (χ4v) is 5.66. The number of hydrogen-bond donors (Lipinski definition) is 0. The van der Waals surface area contributed by atoms with Crippen molar-refractivity contribution < 1.29 is 19.2 Å². The molecule has 0 spiro atoms. The van der Waals surface area contributed by atoms with Crippen LogP contribution in [0.4, 0.5) is 0 Å². The van der Waals surface area contributed by atoms with Gasteiger partial charge in [-0.05, 0) is 25.8 Å². The van der Waals surface area contributed by atoms with Crippen molar-refractivity contribution in [2.75, 3.05) is 13.1 Å². The summed E-state index contributed by atoms with van der Waals surface area (Å²) in [6.45, 7) is 6.65. The molecule has 2 amide bonds. The van der Waals surface area contributed by atoms with Gasteiger partial charge in [-0.2, -0.15) is 0 Å². The highest BCUT2D eigenvalue weighted by Crippen LogP contribution is 2.54. The van der Waals surface area contributed by atoms with E-state index in [9.17, 15) is 19.2 Å². The van der Waals surface area contributed by atoms with E-state index < -0.39 is 0 Å². The first kappa shape index (κ1) is 19.9. The van der Waals surface area contributed by atoms with E-state index in [0.29, 0.717) is 32.7 Å². The lowest BCUT2D eigenvalue weighted by Crippen LogP contribution is -2.42. The van der Waals surface area contributed by atoms with Gasteiger partial charge in [0.1, 0.15) is 5.57 Å². The van der Waals surface area contributed by atoms with Gasteiger partial charge in [-0.15, -0.1) is 0 Å². The molecule has 3 aliphatic rings. The van der Waals surface area contributed by atoms with Crippen LogP contribution >= 0.6 is 23.5 Å². The summed E-state index contributed by atoms with van der Waals surface area (Å²) in [7, 11) is 0. The zero-order valence-corrected chi connectivity index (χ0v) is 17.3. The van der Waals surface area contributed by atoms with E-state index in [2.05, 4.69) is 0 Å². The second-order valence-electron chi connectivity index (χ2n) is 6.61. The smallest absolute Gasteiger partial charge is 0.279 e. The fraction of sp³-hybridized carbons (Fsp3) is 0.474. The zero-order chi connectivity index (χ0) is 19.7. The number of amides is 2. The SMILES string of the molecule is CCCCN1C(=O)C(=C2SC3=C(S2)C(=O)C(C)=CC3=O)C(=O)N1CCCC. The van der Waals surface area contributed by atoms with Crippen molar-refractivity contribution in [3.05, 3.63) is 31.3 Å². The largest absolute Gasteiger partial charge is 0.289 e. The Bertz CT molecular complexity index is 798. The van der Waals surface area contributed by atoms with Crippen LogP contribution in [0.25, 0.3) is 0 Å². The van der Waals surface area contributed by atoms with E-state index in [4.69, 9.17) is 0 Å². The minimum atomic E-state index is -0.330. The van der Waals surface area contributed by atoms with Gasteiger partial charge in [0, 0.05) is 18.7 Å². The molecule has 0 bridgehead atoms. The second kappa shape index (κ2) is 8.06. The van der Waals surface area contributed by atoms with Crippen molar-refractivity contribution in [3.63, 3.8) is 0 Å². The van der Waals surface area contributed by atoms with Crippen LogP contribution in [0.5, 0.6) is 0 Å². The number of carbonyl (C=O) groups excluding carboxylic acids is 4. The van der Waals surface area contributed by atoms with Gasteiger partial charge >= 0.3 is 0 Å². The van der Waals surface area contributed by atoms with Crippen molar-refractivity contribution in [1.29, 1.82) is 0 Å². The van der Waals surface area contributed by atoms with Gasteiger partial charge < -0.3 is 0 Å². The van der Waals surface area contributed by atoms with Crippen LogP contribution in [0.15, 0.2) is 31.3 Å². The lowest BCUT2D eigenvalue weighted by atomic mass is 10.1. The van der Waals surface area contributed by atoms with E-state index in [1.807, 2.05) is 13.8 Å². The van der Waals surface area contributed by atoms with E-state index in [0.717, 1.165) is 49.2 Å². The van der Waals surface area contributed by atoms with E-state index in [1.54, 1.807) is 6.92 Å². The van der Waals surface area contributed by atoms with Crippen molar-refractivity contribution in [2.24, 2.45) is 0 Å². The van der Waals surface area contributed by atoms with E-state index in [1.165, 1.54) is 16.1 Å². The van der Waals surface area contributed by atoms with Gasteiger partial charge in [0.05, 0.1) is 14.0 Å². The lowest BCUT2D eigenvalue weighted by molar-refractivity contribution is -0.147. The molecule has 3 rings (SSSR count).